The molecule has 2 heterocycles. The number of thioether (sulfide) groups is 1. The van der Waals surface area contributed by atoms with E-state index in [1.165, 1.54) is 43.2 Å². The second kappa shape index (κ2) is 7.54. The molecule has 3 aliphatic rings. The molecule has 3 fully saturated rings. The molecule has 0 N–H and O–H groups in total. The summed E-state index contributed by atoms with van der Waals surface area (Å²) in [4.78, 5) is 18.7. The van der Waals surface area contributed by atoms with Crippen molar-refractivity contribution in [2.45, 2.75) is 49.8 Å². The number of amidine groups is 1. The molecule has 2 saturated heterocycles. The average Bonchev–Trinajstić information content (AvgIpc) is 3.07. The quantitative estimate of drug-likeness (QED) is 0.764. The Morgan fingerprint density at radius 1 is 1.15 bits per heavy atom. The first-order valence-electron chi connectivity index (χ1n) is 9.45. The highest BCUT2D eigenvalue weighted by atomic mass is 32.2. The first-order chi connectivity index (χ1) is 12.9. The van der Waals surface area contributed by atoms with Crippen LogP contribution in [-0.2, 0) is 14.6 Å². The third kappa shape index (κ3) is 4.21. The van der Waals surface area contributed by atoms with E-state index in [0.717, 1.165) is 12.8 Å². The normalized spacial score (nSPS) is 29.2. The average molecular weight is 411 g/mol. The van der Waals surface area contributed by atoms with Crippen molar-refractivity contribution in [1.29, 1.82) is 0 Å². The summed E-state index contributed by atoms with van der Waals surface area (Å²) in [5.74, 6) is 0.0434. The largest absolute Gasteiger partial charge is 0.316 e. The summed E-state index contributed by atoms with van der Waals surface area (Å²) in [5, 5.41) is 0.411. The molecule has 1 amide bonds. The fourth-order valence-electron chi connectivity index (χ4n) is 4.26. The van der Waals surface area contributed by atoms with E-state index in [0.29, 0.717) is 23.2 Å². The van der Waals surface area contributed by atoms with Crippen molar-refractivity contribution in [2.24, 2.45) is 10.9 Å². The van der Waals surface area contributed by atoms with Crippen molar-refractivity contribution in [1.82, 2.24) is 0 Å². The third-order valence-electron chi connectivity index (χ3n) is 5.58. The second-order valence-corrected chi connectivity index (χ2v) is 11.0. The summed E-state index contributed by atoms with van der Waals surface area (Å²) in [6.45, 7) is 0. The van der Waals surface area contributed by atoms with Gasteiger partial charge >= 0.3 is 0 Å². The van der Waals surface area contributed by atoms with Gasteiger partial charge in [-0.3, -0.25) is 4.79 Å². The number of nitrogens with zero attached hydrogens (tertiary/aromatic N) is 2. The van der Waals surface area contributed by atoms with Crippen molar-refractivity contribution in [3.8, 4) is 0 Å². The number of fused-ring (bicyclic) bond motifs is 1. The minimum absolute atomic E-state index is 0.0396. The number of sulfone groups is 1. The van der Waals surface area contributed by atoms with Crippen LogP contribution in [0.2, 0.25) is 0 Å². The summed E-state index contributed by atoms with van der Waals surface area (Å²) in [7, 11) is -3.11. The molecule has 1 aromatic rings. The van der Waals surface area contributed by atoms with Crippen LogP contribution in [0, 0.1) is 11.7 Å². The molecule has 4 rings (SSSR count). The number of anilines is 1. The number of rotatable bonds is 3. The van der Waals surface area contributed by atoms with Gasteiger partial charge in [0.2, 0.25) is 5.91 Å². The molecule has 2 aliphatic heterocycles. The van der Waals surface area contributed by atoms with Gasteiger partial charge in [0, 0.05) is 17.4 Å². The highest BCUT2D eigenvalue weighted by Gasteiger charge is 2.49. The van der Waals surface area contributed by atoms with E-state index >= 15 is 0 Å². The number of halogens is 1. The van der Waals surface area contributed by atoms with Crippen LogP contribution in [0.25, 0.3) is 0 Å². The molecule has 0 bridgehead atoms. The van der Waals surface area contributed by atoms with E-state index in [9.17, 15) is 17.6 Å². The molecule has 5 nitrogen and oxygen atoms in total. The third-order valence-corrected chi connectivity index (χ3v) is 8.79. The minimum Gasteiger partial charge on any atom is -0.316 e. The van der Waals surface area contributed by atoms with E-state index in [1.807, 2.05) is 4.90 Å². The Hall–Kier alpha value is -1.41. The zero-order valence-corrected chi connectivity index (χ0v) is 16.6. The molecular weight excluding hydrogens is 387 g/mol. The maximum Gasteiger partial charge on any atom is 0.248 e. The fourth-order valence-corrected chi connectivity index (χ4v) is 8.19. The van der Waals surface area contributed by atoms with Gasteiger partial charge in [-0.25, -0.2) is 12.8 Å². The molecule has 2 atom stereocenters. The predicted octanol–water partition coefficient (Wildman–Crippen LogP) is 3.40. The Bertz CT molecular complexity index is 848. The van der Waals surface area contributed by atoms with Crippen molar-refractivity contribution >= 4 is 38.4 Å². The summed E-state index contributed by atoms with van der Waals surface area (Å²) in [6.07, 6.45) is 6.20. The lowest BCUT2D eigenvalue weighted by Crippen LogP contribution is -2.37. The maximum atomic E-state index is 13.3. The molecule has 1 aliphatic carbocycles. The molecule has 0 radical (unpaired) electrons. The van der Waals surface area contributed by atoms with Gasteiger partial charge in [0.25, 0.3) is 0 Å². The lowest BCUT2D eigenvalue weighted by Gasteiger charge is -2.24. The van der Waals surface area contributed by atoms with Gasteiger partial charge in [-0.05, 0) is 43.0 Å². The lowest BCUT2D eigenvalue weighted by molar-refractivity contribution is -0.118. The van der Waals surface area contributed by atoms with Crippen LogP contribution in [0.3, 0.4) is 0 Å². The molecular formula is C19H23FN2O3S2. The number of amides is 1. The Balaban J connectivity index is 1.58. The van der Waals surface area contributed by atoms with Gasteiger partial charge in [0.1, 0.15) is 5.82 Å². The van der Waals surface area contributed by atoms with Gasteiger partial charge in [-0.15, -0.1) is 0 Å². The summed E-state index contributed by atoms with van der Waals surface area (Å²) >= 11 is 1.36. The first kappa shape index (κ1) is 18.9. The zero-order valence-electron chi connectivity index (χ0n) is 15.0. The number of carbonyl (C=O) groups excluding carboxylic acids is 1. The Kier molecular flexibility index (Phi) is 5.29. The van der Waals surface area contributed by atoms with E-state index in [2.05, 4.69) is 4.99 Å². The van der Waals surface area contributed by atoms with E-state index in [1.54, 1.807) is 12.1 Å². The molecule has 0 unspecified atom stereocenters. The van der Waals surface area contributed by atoms with E-state index in [4.69, 9.17) is 0 Å². The second-order valence-electron chi connectivity index (χ2n) is 7.64. The lowest BCUT2D eigenvalue weighted by atomic mass is 9.87. The summed E-state index contributed by atoms with van der Waals surface area (Å²) < 4.78 is 37.4. The van der Waals surface area contributed by atoms with Crippen LogP contribution >= 0.6 is 11.8 Å². The van der Waals surface area contributed by atoms with Crippen LogP contribution in [-0.4, -0.2) is 42.3 Å². The van der Waals surface area contributed by atoms with Gasteiger partial charge < -0.3 is 4.90 Å². The Labute approximate surface area is 163 Å². The minimum atomic E-state index is -3.11. The monoisotopic (exact) mass is 410 g/mol. The number of hydrogen-bond donors (Lipinski definition) is 0. The van der Waals surface area contributed by atoms with Gasteiger partial charge in [0.05, 0.1) is 17.5 Å². The van der Waals surface area contributed by atoms with Crippen LogP contribution < -0.4 is 4.90 Å². The standard InChI is InChI=1S/C19H23FN2O3S2/c20-14-6-8-15(9-7-14)22-16-11-27(24,25)12-17(16)26-19(22)21-18(23)10-13-4-2-1-3-5-13/h6-9,13,16-17H,1-5,10-12H2/t16-,17-/m0/s1. The van der Waals surface area contributed by atoms with Crippen molar-refractivity contribution in [2.75, 3.05) is 16.4 Å². The fraction of sp³-hybridized carbons (Fsp3) is 0.579. The number of benzene rings is 1. The number of carbonyl (C=O) groups is 1. The molecule has 0 spiro atoms. The van der Waals surface area contributed by atoms with Crippen molar-refractivity contribution < 1.29 is 17.6 Å². The smallest absolute Gasteiger partial charge is 0.248 e. The highest BCUT2D eigenvalue weighted by Crippen LogP contribution is 2.41. The molecule has 1 saturated carbocycles. The molecule has 146 valence electrons. The van der Waals surface area contributed by atoms with E-state index in [-0.39, 0.29) is 34.5 Å². The molecule has 27 heavy (non-hydrogen) atoms. The maximum absolute atomic E-state index is 13.3. The first-order valence-corrected chi connectivity index (χ1v) is 12.1. The van der Waals surface area contributed by atoms with Gasteiger partial charge in [-0.1, -0.05) is 31.0 Å². The summed E-state index contributed by atoms with van der Waals surface area (Å²) in [5.41, 5.74) is 0.678. The van der Waals surface area contributed by atoms with Crippen molar-refractivity contribution in [3.63, 3.8) is 0 Å². The van der Waals surface area contributed by atoms with Gasteiger partial charge in [-0.2, -0.15) is 4.99 Å². The van der Waals surface area contributed by atoms with Crippen LogP contribution in [0.4, 0.5) is 10.1 Å². The predicted molar refractivity (Wildman–Crippen MR) is 106 cm³/mol. The molecule has 0 aromatic heterocycles. The molecule has 1 aromatic carbocycles. The van der Waals surface area contributed by atoms with Crippen molar-refractivity contribution in [3.05, 3.63) is 30.1 Å². The van der Waals surface area contributed by atoms with Crippen LogP contribution in [0.5, 0.6) is 0 Å². The summed E-state index contributed by atoms with van der Waals surface area (Å²) in [6, 6.07) is 5.66. The highest BCUT2D eigenvalue weighted by molar-refractivity contribution is 8.16. The number of aliphatic imine (C=N–C) groups is 1. The topological polar surface area (TPSA) is 66.8 Å². The van der Waals surface area contributed by atoms with Crippen LogP contribution in [0.1, 0.15) is 38.5 Å². The Morgan fingerprint density at radius 3 is 2.56 bits per heavy atom. The van der Waals surface area contributed by atoms with E-state index < -0.39 is 9.84 Å². The number of hydrogen-bond acceptors (Lipinski definition) is 4. The molecule has 8 heteroatoms. The van der Waals surface area contributed by atoms with Gasteiger partial charge in [0.15, 0.2) is 15.0 Å². The SMILES string of the molecule is O=C(CC1CCCCC1)N=C1S[C@H]2CS(=O)(=O)C[C@@H]2N1c1ccc(F)cc1. The Morgan fingerprint density at radius 2 is 1.85 bits per heavy atom. The van der Waals surface area contributed by atoms with Crippen LogP contribution in [0.15, 0.2) is 29.3 Å². The zero-order chi connectivity index (χ0) is 19.0.